The number of aromatic hydroxyl groups is 1. The molecule has 4 rings (SSSR count). The lowest BCUT2D eigenvalue weighted by Gasteiger charge is -2.27. The van der Waals surface area contributed by atoms with Gasteiger partial charge < -0.3 is 15.6 Å². The molecule has 0 aromatic heterocycles. The predicted molar refractivity (Wildman–Crippen MR) is 115 cm³/mol. The third-order valence-corrected chi connectivity index (χ3v) is 5.21. The van der Waals surface area contributed by atoms with Gasteiger partial charge in [0.1, 0.15) is 23.1 Å². The average Bonchev–Trinajstić information content (AvgIpc) is 2.73. The summed E-state index contributed by atoms with van der Waals surface area (Å²) in [5, 5.41) is 20.1. The lowest BCUT2D eigenvalue weighted by molar-refractivity contribution is 0.388. The van der Waals surface area contributed by atoms with Crippen molar-refractivity contribution < 1.29 is 9.84 Å². The maximum atomic E-state index is 10.5. The molecular weight excluding hydrogens is 430 g/mol. The molecular formula is C23H16BrN3O2. The SMILES string of the molecule is N#CC1=C(N)Oc2cc(O)c(C=Nc3ccc(Br)cc3)cc2[C@H]1c1ccccc1. The Balaban J connectivity index is 1.80. The van der Waals surface area contributed by atoms with Crippen molar-refractivity contribution in [1.29, 1.82) is 5.26 Å². The monoisotopic (exact) mass is 445 g/mol. The van der Waals surface area contributed by atoms with Crippen molar-refractivity contribution in [3.8, 4) is 17.6 Å². The number of halogens is 1. The second-order valence-corrected chi connectivity index (χ2v) is 7.43. The quantitative estimate of drug-likeness (QED) is 0.546. The smallest absolute Gasteiger partial charge is 0.205 e. The molecule has 1 aliphatic rings. The van der Waals surface area contributed by atoms with Crippen LogP contribution >= 0.6 is 15.9 Å². The van der Waals surface area contributed by atoms with Crippen LogP contribution in [0.1, 0.15) is 22.6 Å². The first-order chi connectivity index (χ1) is 14.1. The van der Waals surface area contributed by atoms with E-state index in [-0.39, 0.29) is 17.6 Å². The summed E-state index contributed by atoms with van der Waals surface area (Å²) >= 11 is 3.39. The summed E-state index contributed by atoms with van der Waals surface area (Å²) in [5.74, 6) is 0.105. The number of phenolic OH excluding ortho intramolecular Hbond substituents is 1. The minimum absolute atomic E-state index is 0.0182. The van der Waals surface area contributed by atoms with Gasteiger partial charge in [-0.25, -0.2) is 0 Å². The van der Waals surface area contributed by atoms with Crippen molar-refractivity contribution in [3.63, 3.8) is 0 Å². The van der Waals surface area contributed by atoms with Gasteiger partial charge in [-0.3, -0.25) is 4.99 Å². The molecule has 3 N–H and O–H groups in total. The summed E-state index contributed by atoms with van der Waals surface area (Å²) in [6, 6.07) is 22.6. The Morgan fingerprint density at radius 1 is 1.10 bits per heavy atom. The van der Waals surface area contributed by atoms with E-state index in [1.807, 2.05) is 54.6 Å². The number of benzene rings is 3. The highest BCUT2D eigenvalue weighted by atomic mass is 79.9. The minimum Gasteiger partial charge on any atom is -0.507 e. The third kappa shape index (κ3) is 3.73. The molecule has 6 heteroatoms. The first-order valence-electron chi connectivity index (χ1n) is 8.86. The van der Waals surface area contributed by atoms with Crippen LogP contribution in [0.3, 0.4) is 0 Å². The van der Waals surface area contributed by atoms with Gasteiger partial charge in [-0.1, -0.05) is 46.3 Å². The van der Waals surface area contributed by atoms with Crippen LogP contribution in [0.4, 0.5) is 5.69 Å². The fourth-order valence-corrected chi connectivity index (χ4v) is 3.54. The number of phenols is 1. The highest BCUT2D eigenvalue weighted by molar-refractivity contribution is 9.10. The summed E-state index contributed by atoms with van der Waals surface area (Å²) in [4.78, 5) is 4.43. The van der Waals surface area contributed by atoms with Crippen LogP contribution in [0.15, 0.2) is 87.7 Å². The molecule has 0 aliphatic carbocycles. The molecule has 0 spiro atoms. The Labute approximate surface area is 176 Å². The third-order valence-electron chi connectivity index (χ3n) is 4.68. The van der Waals surface area contributed by atoms with Crippen LogP contribution in [0, 0.1) is 11.3 Å². The van der Waals surface area contributed by atoms with Crippen molar-refractivity contribution >= 4 is 27.8 Å². The average molecular weight is 446 g/mol. The number of ether oxygens (including phenoxy) is 1. The number of hydrogen-bond acceptors (Lipinski definition) is 5. The van der Waals surface area contributed by atoms with E-state index in [2.05, 4.69) is 27.0 Å². The maximum Gasteiger partial charge on any atom is 0.205 e. The fraction of sp³-hybridized carbons (Fsp3) is 0.0435. The molecule has 1 aliphatic heterocycles. The molecule has 3 aromatic carbocycles. The van der Waals surface area contributed by atoms with E-state index in [4.69, 9.17) is 10.5 Å². The van der Waals surface area contributed by atoms with Crippen molar-refractivity contribution in [2.45, 2.75) is 5.92 Å². The van der Waals surface area contributed by atoms with E-state index < -0.39 is 0 Å². The van der Waals surface area contributed by atoms with Crippen LogP contribution in [-0.4, -0.2) is 11.3 Å². The first-order valence-corrected chi connectivity index (χ1v) is 9.65. The predicted octanol–water partition coefficient (Wildman–Crippen LogP) is 5.12. The summed E-state index contributed by atoms with van der Waals surface area (Å²) < 4.78 is 6.59. The molecule has 0 unspecified atom stereocenters. The zero-order chi connectivity index (χ0) is 20.4. The largest absolute Gasteiger partial charge is 0.507 e. The molecule has 1 heterocycles. The van der Waals surface area contributed by atoms with E-state index in [0.717, 1.165) is 21.3 Å². The van der Waals surface area contributed by atoms with Crippen LogP contribution < -0.4 is 10.5 Å². The fourth-order valence-electron chi connectivity index (χ4n) is 3.27. The normalized spacial score (nSPS) is 15.7. The Bertz CT molecular complexity index is 1160. The minimum atomic E-state index is -0.384. The maximum absolute atomic E-state index is 10.5. The van der Waals surface area contributed by atoms with E-state index >= 15 is 0 Å². The van der Waals surface area contributed by atoms with E-state index in [0.29, 0.717) is 16.9 Å². The topological polar surface area (TPSA) is 91.6 Å². The van der Waals surface area contributed by atoms with Gasteiger partial charge in [-0.15, -0.1) is 0 Å². The zero-order valence-corrected chi connectivity index (χ0v) is 16.8. The van der Waals surface area contributed by atoms with Gasteiger partial charge in [-0.05, 0) is 35.9 Å². The molecule has 29 heavy (non-hydrogen) atoms. The van der Waals surface area contributed by atoms with Gasteiger partial charge >= 0.3 is 0 Å². The molecule has 142 valence electrons. The Morgan fingerprint density at radius 2 is 1.83 bits per heavy atom. The Kier molecular flexibility index (Phi) is 5.07. The second kappa shape index (κ2) is 7.82. The van der Waals surface area contributed by atoms with Gasteiger partial charge in [0, 0.05) is 27.9 Å². The molecule has 3 aromatic rings. The first kappa shape index (κ1) is 18.8. The number of nitrogens with zero attached hydrogens (tertiary/aromatic N) is 2. The standard InChI is InChI=1S/C23H16BrN3O2/c24-16-6-8-17(9-7-16)27-13-15-10-18-21(11-20(15)28)29-23(26)19(12-25)22(18)14-4-2-1-3-5-14/h1-11,13,22,28H,26H2/t22-/m1/s1. The summed E-state index contributed by atoms with van der Waals surface area (Å²) in [5.41, 5.74) is 9.27. The van der Waals surface area contributed by atoms with Crippen molar-refractivity contribution in [1.82, 2.24) is 0 Å². The van der Waals surface area contributed by atoms with Gasteiger partial charge in [0.05, 0.1) is 11.6 Å². The lowest BCUT2D eigenvalue weighted by atomic mass is 9.83. The summed E-state index contributed by atoms with van der Waals surface area (Å²) in [7, 11) is 0. The molecule has 1 atom stereocenters. The van der Waals surface area contributed by atoms with Crippen LogP contribution in [-0.2, 0) is 0 Å². The number of nitriles is 1. The molecule has 0 saturated heterocycles. The van der Waals surface area contributed by atoms with Crippen LogP contribution in [0.5, 0.6) is 11.5 Å². The molecule has 0 amide bonds. The number of hydrogen-bond donors (Lipinski definition) is 2. The number of fused-ring (bicyclic) bond motifs is 1. The van der Waals surface area contributed by atoms with Crippen molar-refractivity contribution in [3.05, 3.63) is 99.3 Å². The van der Waals surface area contributed by atoms with Crippen LogP contribution in [0.25, 0.3) is 0 Å². The van der Waals surface area contributed by atoms with Gasteiger partial charge in [0.2, 0.25) is 5.88 Å². The highest BCUT2D eigenvalue weighted by Gasteiger charge is 2.31. The van der Waals surface area contributed by atoms with Crippen molar-refractivity contribution in [2.24, 2.45) is 10.7 Å². The second-order valence-electron chi connectivity index (χ2n) is 6.52. The molecule has 0 bridgehead atoms. The molecule has 0 fully saturated rings. The lowest BCUT2D eigenvalue weighted by Crippen LogP contribution is -2.21. The Hall–Kier alpha value is -3.56. The molecule has 5 nitrogen and oxygen atoms in total. The summed E-state index contributed by atoms with van der Waals surface area (Å²) in [6.45, 7) is 0. The van der Waals surface area contributed by atoms with Gasteiger partial charge in [0.25, 0.3) is 0 Å². The number of nitrogens with two attached hydrogens (primary N) is 1. The van der Waals surface area contributed by atoms with E-state index in [9.17, 15) is 10.4 Å². The number of rotatable bonds is 3. The van der Waals surface area contributed by atoms with E-state index in [1.54, 1.807) is 12.3 Å². The van der Waals surface area contributed by atoms with Gasteiger partial charge in [-0.2, -0.15) is 5.26 Å². The number of aliphatic imine (C=N–C) groups is 1. The van der Waals surface area contributed by atoms with Crippen molar-refractivity contribution in [2.75, 3.05) is 0 Å². The van der Waals surface area contributed by atoms with E-state index in [1.165, 1.54) is 6.07 Å². The molecule has 0 radical (unpaired) electrons. The van der Waals surface area contributed by atoms with Gasteiger partial charge in [0.15, 0.2) is 0 Å². The summed E-state index contributed by atoms with van der Waals surface area (Å²) in [6.07, 6.45) is 1.59. The van der Waals surface area contributed by atoms with Crippen LogP contribution in [0.2, 0.25) is 0 Å². The molecule has 0 saturated carbocycles. The zero-order valence-electron chi connectivity index (χ0n) is 15.2. The number of allylic oxidation sites excluding steroid dienone is 1. The Morgan fingerprint density at radius 3 is 2.52 bits per heavy atom. The highest BCUT2D eigenvalue weighted by Crippen LogP contribution is 2.44.